The van der Waals surface area contributed by atoms with E-state index in [9.17, 15) is 4.79 Å². The Bertz CT molecular complexity index is 861. The average molecular weight is 432 g/mol. The Kier molecular flexibility index (Phi) is 8.20. The van der Waals surface area contributed by atoms with Crippen molar-refractivity contribution in [2.75, 3.05) is 63.3 Å². The van der Waals surface area contributed by atoms with Crippen LogP contribution in [0.3, 0.4) is 0 Å². The molecule has 1 amide bonds. The third-order valence-corrected chi connectivity index (χ3v) is 4.92. The molecule has 0 atom stereocenters. The van der Waals surface area contributed by atoms with E-state index in [0.29, 0.717) is 44.4 Å². The number of morpholine rings is 1. The number of amides is 1. The molecule has 0 radical (unpaired) electrons. The molecule has 1 saturated heterocycles. The summed E-state index contributed by atoms with van der Waals surface area (Å²) >= 11 is 0. The van der Waals surface area contributed by atoms with Crippen LogP contribution in [0.1, 0.15) is 25.4 Å². The van der Waals surface area contributed by atoms with E-state index in [0.717, 1.165) is 36.0 Å². The summed E-state index contributed by atoms with van der Waals surface area (Å²) in [6.07, 6.45) is 0. The zero-order chi connectivity index (χ0) is 22.2. The minimum absolute atomic E-state index is 0.131. The lowest BCUT2D eigenvalue weighted by atomic mass is 10.2. The van der Waals surface area contributed by atoms with Crippen LogP contribution < -0.4 is 19.7 Å². The first-order chi connectivity index (χ1) is 15.0. The minimum atomic E-state index is -0.131. The van der Waals surface area contributed by atoms with Crippen molar-refractivity contribution in [3.63, 3.8) is 0 Å². The van der Waals surface area contributed by atoms with Gasteiger partial charge < -0.3 is 28.8 Å². The molecular formula is C23H33N3O5. The van der Waals surface area contributed by atoms with Crippen molar-refractivity contribution in [1.29, 1.82) is 0 Å². The Balaban J connectivity index is 1.74. The van der Waals surface area contributed by atoms with Gasteiger partial charge in [-0.3, -0.25) is 9.69 Å². The molecule has 1 aliphatic heterocycles. The second-order valence-corrected chi connectivity index (χ2v) is 7.51. The van der Waals surface area contributed by atoms with Crippen LogP contribution in [0.2, 0.25) is 0 Å². The number of nitrogens with zero attached hydrogens (tertiary/aromatic N) is 2. The van der Waals surface area contributed by atoms with Crippen LogP contribution >= 0.6 is 0 Å². The summed E-state index contributed by atoms with van der Waals surface area (Å²) in [4.78, 5) is 16.9. The van der Waals surface area contributed by atoms with Gasteiger partial charge in [-0.15, -0.1) is 0 Å². The monoisotopic (exact) mass is 431 g/mol. The summed E-state index contributed by atoms with van der Waals surface area (Å²) < 4.78 is 22.8. The van der Waals surface area contributed by atoms with E-state index in [1.165, 1.54) is 0 Å². The van der Waals surface area contributed by atoms with Crippen LogP contribution in [-0.2, 0) is 16.1 Å². The van der Waals surface area contributed by atoms with Crippen LogP contribution in [-0.4, -0.2) is 63.9 Å². The quantitative estimate of drug-likeness (QED) is 0.619. The summed E-state index contributed by atoms with van der Waals surface area (Å²) in [5, 5.41) is 2.99. The lowest BCUT2D eigenvalue weighted by molar-refractivity contribution is -0.117. The molecule has 1 aromatic heterocycles. The molecule has 8 heteroatoms. The summed E-state index contributed by atoms with van der Waals surface area (Å²) in [6.45, 7) is 10.5. The number of ether oxygens (including phenoxy) is 3. The highest BCUT2D eigenvalue weighted by atomic mass is 16.5. The molecule has 0 unspecified atom stereocenters. The first-order valence-corrected chi connectivity index (χ1v) is 10.8. The van der Waals surface area contributed by atoms with Crippen LogP contribution in [0.25, 0.3) is 0 Å². The zero-order valence-electron chi connectivity index (χ0n) is 18.9. The average Bonchev–Trinajstić information content (AvgIpc) is 3.15. The second-order valence-electron chi connectivity index (χ2n) is 7.51. The molecule has 2 heterocycles. The maximum Gasteiger partial charge on any atom is 0.238 e. The van der Waals surface area contributed by atoms with Gasteiger partial charge in [0.1, 0.15) is 23.0 Å². The molecule has 0 aliphatic carbocycles. The van der Waals surface area contributed by atoms with Gasteiger partial charge in [-0.2, -0.15) is 0 Å². The largest absolute Gasteiger partial charge is 0.492 e. The summed E-state index contributed by atoms with van der Waals surface area (Å²) in [5.41, 5.74) is 1.56. The Morgan fingerprint density at radius 2 is 1.84 bits per heavy atom. The number of aryl methyl sites for hydroxylation is 1. The molecule has 3 rings (SSSR count). The van der Waals surface area contributed by atoms with E-state index in [-0.39, 0.29) is 12.5 Å². The Morgan fingerprint density at radius 1 is 1.13 bits per heavy atom. The number of anilines is 2. The maximum atomic E-state index is 12.7. The van der Waals surface area contributed by atoms with E-state index < -0.39 is 0 Å². The number of carbonyl (C=O) groups is 1. The number of benzene rings is 1. The van der Waals surface area contributed by atoms with E-state index in [1.54, 1.807) is 0 Å². The third-order valence-electron chi connectivity index (χ3n) is 4.92. The molecule has 1 N–H and O–H groups in total. The van der Waals surface area contributed by atoms with E-state index in [1.807, 2.05) is 57.0 Å². The number of hydrogen-bond acceptors (Lipinski definition) is 7. The topological polar surface area (TPSA) is 76.4 Å². The lowest BCUT2D eigenvalue weighted by Gasteiger charge is -2.31. The van der Waals surface area contributed by atoms with Gasteiger partial charge in [0.2, 0.25) is 5.91 Å². The summed E-state index contributed by atoms with van der Waals surface area (Å²) in [5.74, 6) is 2.91. The number of nitrogens with one attached hydrogen (secondary N) is 1. The van der Waals surface area contributed by atoms with Crippen LogP contribution in [0.5, 0.6) is 11.5 Å². The molecule has 0 saturated carbocycles. The predicted molar refractivity (Wildman–Crippen MR) is 120 cm³/mol. The molecule has 1 fully saturated rings. The molecule has 2 aromatic rings. The Hall–Kier alpha value is -2.71. The number of hydrogen-bond donors (Lipinski definition) is 1. The molecule has 31 heavy (non-hydrogen) atoms. The number of furan rings is 1. The van der Waals surface area contributed by atoms with Crippen molar-refractivity contribution in [1.82, 2.24) is 4.90 Å². The number of rotatable bonds is 10. The Labute approximate surface area is 184 Å². The first kappa shape index (κ1) is 23.0. The first-order valence-electron chi connectivity index (χ1n) is 10.8. The second kappa shape index (κ2) is 11.1. The van der Waals surface area contributed by atoms with Gasteiger partial charge >= 0.3 is 0 Å². The SMILES string of the molecule is CCOc1cc(N2CCOCC2)c(OCC)cc1NC(=O)CN(C)Cc1ccc(C)o1. The highest BCUT2D eigenvalue weighted by molar-refractivity contribution is 5.94. The highest BCUT2D eigenvalue weighted by Gasteiger charge is 2.21. The van der Waals surface area contributed by atoms with Gasteiger partial charge in [0, 0.05) is 25.2 Å². The molecule has 8 nitrogen and oxygen atoms in total. The molecule has 0 spiro atoms. The number of likely N-dealkylation sites (N-methyl/N-ethyl adjacent to an activating group) is 1. The van der Waals surface area contributed by atoms with Gasteiger partial charge in [0.25, 0.3) is 0 Å². The third kappa shape index (κ3) is 6.38. The highest BCUT2D eigenvalue weighted by Crippen LogP contribution is 2.39. The number of carbonyl (C=O) groups excluding carboxylic acids is 1. The fraction of sp³-hybridized carbons (Fsp3) is 0.522. The van der Waals surface area contributed by atoms with Crippen molar-refractivity contribution in [3.05, 3.63) is 35.8 Å². The smallest absolute Gasteiger partial charge is 0.238 e. The van der Waals surface area contributed by atoms with Gasteiger partial charge in [-0.25, -0.2) is 0 Å². The summed E-state index contributed by atoms with van der Waals surface area (Å²) in [7, 11) is 1.88. The van der Waals surface area contributed by atoms with E-state index in [2.05, 4.69) is 10.2 Å². The molecular weight excluding hydrogens is 398 g/mol. The van der Waals surface area contributed by atoms with Crippen molar-refractivity contribution >= 4 is 17.3 Å². The normalized spacial score (nSPS) is 14.0. The van der Waals surface area contributed by atoms with Gasteiger partial charge in [0.05, 0.1) is 50.9 Å². The van der Waals surface area contributed by atoms with Crippen LogP contribution in [0.15, 0.2) is 28.7 Å². The van der Waals surface area contributed by atoms with Crippen molar-refractivity contribution in [3.8, 4) is 11.5 Å². The summed E-state index contributed by atoms with van der Waals surface area (Å²) in [6, 6.07) is 7.65. The fourth-order valence-corrected chi connectivity index (χ4v) is 3.57. The standard InChI is InChI=1S/C23H33N3O5/c1-5-29-21-14-20(26-9-11-28-12-10-26)22(30-6-2)13-19(21)24-23(27)16-25(4)15-18-8-7-17(3)31-18/h7-8,13-14H,5-6,9-12,15-16H2,1-4H3,(H,24,27). The molecule has 1 aromatic carbocycles. The molecule has 170 valence electrons. The van der Waals surface area contributed by atoms with E-state index in [4.69, 9.17) is 18.6 Å². The van der Waals surface area contributed by atoms with Crippen LogP contribution in [0.4, 0.5) is 11.4 Å². The lowest BCUT2D eigenvalue weighted by Crippen LogP contribution is -2.36. The van der Waals surface area contributed by atoms with Crippen LogP contribution in [0, 0.1) is 6.92 Å². The fourth-order valence-electron chi connectivity index (χ4n) is 3.57. The van der Waals surface area contributed by atoms with Crippen molar-refractivity contribution in [2.24, 2.45) is 0 Å². The maximum absolute atomic E-state index is 12.7. The van der Waals surface area contributed by atoms with Gasteiger partial charge in [-0.1, -0.05) is 0 Å². The van der Waals surface area contributed by atoms with Crippen molar-refractivity contribution < 1.29 is 23.4 Å². The minimum Gasteiger partial charge on any atom is -0.492 e. The van der Waals surface area contributed by atoms with Gasteiger partial charge in [-0.05, 0) is 40.0 Å². The van der Waals surface area contributed by atoms with Gasteiger partial charge in [0.15, 0.2) is 0 Å². The molecule has 1 aliphatic rings. The molecule has 0 bridgehead atoms. The van der Waals surface area contributed by atoms with Crippen molar-refractivity contribution in [2.45, 2.75) is 27.3 Å². The zero-order valence-corrected chi connectivity index (χ0v) is 18.9. The predicted octanol–water partition coefficient (Wildman–Crippen LogP) is 3.29. The van der Waals surface area contributed by atoms with E-state index >= 15 is 0 Å². The Morgan fingerprint density at radius 3 is 2.48 bits per heavy atom.